The molecule has 2 heterocycles. The first kappa shape index (κ1) is 12.5. The number of nitrogens with zero attached hydrogens (tertiary/aromatic N) is 1. The van der Waals surface area contributed by atoms with Crippen LogP contribution >= 0.6 is 11.6 Å². The average molecular weight is 258 g/mol. The number of hydrogen-bond acceptors (Lipinski definition) is 3. The number of morpholine rings is 1. The fourth-order valence-electron chi connectivity index (χ4n) is 2.07. The van der Waals surface area contributed by atoms with Gasteiger partial charge in [-0.15, -0.1) is 11.6 Å². The number of ether oxygens (including phenoxy) is 1. The van der Waals surface area contributed by atoms with Crippen LogP contribution in [0.15, 0.2) is 16.7 Å². The number of rotatable bonds is 2. The van der Waals surface area contributed by atoms with Crippen molar-refractivity contribution in [1.82, 2.24) is 4.90 Å². The molecule has 0 N–H and O–H groups in total. The quantitative estimate of drug-likeness (QED) is 0.762. The van der Waals surface area contributed by atoms with E-state index in [0.29, 0.717) is 30.3 Å². The number of amides is 1. The smallest absolute Gasteiger partial charge is 0.257 e. The predicted molar refractivity (Wildman–Crippen MR) is 64.4 cm³/mol. The molecule has 4 nitrogen and oxygen atoms in total. The molecule has 0 bridgehead atoms. The normalized spacial score (nSPS) is 25.0. The molecule has 5 heteroatoms. The van der Waals surface area contributed by atoms with Crippen LogP contribution in [0.2, 0.25) is 0 Å². The molecular weight excluding hydrogens is 242 g/mol. The Labute approximate surface area is 105 Å². The highest BCUT2D eigenvalue weighted by molar-refractivity contribution is 6.18. The van der Waals surface area contributed by atoms with Crippen molar-refractivity contribution in [2.75, 3.05) is 19.0 Å². The zero-order valence-corrected chi connectivity index (χ0v) is 10.7. The minimum Gasteiger partial charge on any atom is -0.469 e. The zero-order chi connectivity index (χ0) is 12.4. The van der Waals surface area contributed by atoms with Gasteiger partial charge >= 0.3 is 0 Å². The van der Waals surface area contributed by atoms with Crippen LogP contribution in [0.1, 0.15) is 23.0 Å². The maximum absolute atomic E-state index is 12.3. The molecule has 1 aromatic heterocycles. The summed E-state index contributed by atoms with van der Waals surface area (Å²) in [4.78, 5) is 14.0. The second kappa shape index (κ2) is 5.10. The maximum Gasteiger partial charge on any atom is 0.257 e. The Hall–Kier alpha value is -1.00. The van der Waals surface area contributed by atoms with Crippen LogP contribution in [0, 0.1) is 6.92 Å². The predicted octanol–water partition coefficient (Wildman–Crippen LogP) is 2.06. The SMILES string of the molecule is Cc1occc1C(=O)N1CC(C)OC(CCl)C1. The summed E-state index contributed by atoms with van der Waals surface area (Å²) in [5, 5.41) is 0. The van der Waals surface area contributed by atoms with E-state index in [0.717, 1.165) is 0 Å². The lowest BCUT2D eigenvalue weighted by Crippen LogP contribution is -2.49. The van der Waals surface area contributed by atoms with Crippen LogP contribution in [0.5, 0.6) is 0 Å². The summed E-state index contributed by atoms with van der Waals surface area (Å²) in [5.74, 6) is 1.04. The van der Waals surface area contributed by atoms with E-state index in [1.165, 1.54) is 6.26 Å². The minimum atomic E-state index is -0.0865. The molecule has 2 rings (SSSR count). The van der Waals surface area contributed by atoms with E-state index < -0.39 is 0 Å². The summed E-state index contributed by atoms with van der Waals surface area (Å²) >= 11 is 5.79. The number of aryl methyl sites for hydroxylation is 1. The molecule has 0 saturated carbocycles. The fraction of sp³-hybridized carbons (Fsp3) is 0.583. The van der Waals surface area contributed by atoms with E-state index in [1.54, 1.807) is 17.9 Å². The molecule has 1 saturated heterocycles. The highest BCUT2D eigenvalue weighted by Crippen LogP contribution is 2.17. The van der Waals surface area contributed by atoms with Crippen molar-refractivity contribution < 1.29 is 13.9 Å². The lowest BCUT2D eigenvalue weighted by Gasteiger charge is -2.36. The molecule has 0 aromatic carbocycles. The van der Waals surface area contributed by atoms with Crippen molar-refractivity contribution in [1.29, 1.82) is 0 Å². The molecular formula is C12H16ClNO3. The molecule has 0 aliphatic carbocycles. The molecule has 1 fully saturated rings. The van der Waals surface area contributed by atoms with Crippen LogP contribution in [0.25, 0.3) is 0 Å². The summed E-state index contributed by atoms with van der Waals surface area (Å²) in [5.41, 5.74) is 0.618. The first-order valence-corrected chi connectivity index (χ1v) is 6.20. The zero-order valence-electron chi connectivity index (χ0n) is 9.98. The van der Waals surface area contributed by atoms with Gasteiger partial charge in [-0.2, -0.15) is 0 Å². The number of furan rings is 1. The summed E-state index contributed by atoms with van der Waals surface area (Å²) in [7, 11) is 0. The molecule has 0 radical (unpaired) electrons. The fourth-order valence-corrected chi connectivity index (χ4v) is 2.24. The Morgan fingerprint density at radius 2 is 2.35 bits per heavy atom. The molecule has 1 aliphatic heterocycles. The van der Waals surface area contributed by atoms with Crippen molar-refractivity contribution in [3.05, 3.63) is 23.7 Å². The third-order valence-electron chi connectivity index (χ3n) is 2.87. The number of alkyl halides is 1. The van der Waals surface area contributed by atoms with Gasteiger partial charge in [-0.1, -0.05) is 0 Å². The summed E-state index contributed by atoms with van der Waals surface area (Å²) in [6.45, 7) is 4.87. The first-order valence-electron chi connectivity index (χ1n) is 5.66. The molecule has 1 aromatic rings. The van der Waals surface area contributed by atoms with E-state index in [2.05, 4.69) is 0 Å². The van der Waals surface area contributed by atoms with Crippen molar-refractivity contribution in [3.63, 3.8) is 0 Å². The summed E-state index contributed by atoms with van der Waals surface area (Å²) < 4.78 is 10.8. The highest BCUT2D eigenvalue weighted by Gasteiger charge is 2.29. The molecule has 2 unspecified atom stereocenters. The van der Waals surface area contributed by atoms with E-state index >= 15 is 0 Å². The van der Waals surface area contributed by atoms with E-state index in [-0.39, 0.29) is 18.1 Å². The second-order valence-corrected chi connectivity index (χ2v) is 4.63. The second-order valence-electron chi connectivity index (χ2n) is 4.32. The largest absolute Gasteiger partial charge is 0.469 e. The van der Waals surface area contributed by atoms with Crippen LogP contribution in [0.3, 0.4) is 0 Å². The molecule has 1 amide bonds. The molecule has 1 aliphatic rings. The standard InChI is InChI=1S/C12H16ClNO3/c1-8-6-14(7-10(5-13)17-8)12(15)11-3-4-16-9(11)2/h3-4,8,10H,5-7H2,1-2H3. The third kappa shape index (κ3) is 2.64. The molecule has 0 spiro atoms. The number of hydrogen-bond donors (Lipinski definition) is 0. The van der Waals surface area contributed by atoms with Crippen LogP contribution in [-0.4, -0.2) is 42.0 Å². The van der Waals surface area contributed by atoms with Crippen LogP contribution in [0.4, 0.5) is 0 Å². The van der Waals surface area contributed by atoms with Gasteiger partial charge < -0.3 is 14.1 Å². The summed E-state index contributed by atoms with van der Waals surface area (Å²) in [6, 6.07) is 1.70. The van der Waals surface area contributed by atoms with Gasteiger partial charge in [0.05, 0.1) is 29.9 Å². The van der Waals surface area contributed by atoms with Gasteiger partial charge in [-0.3, -0.25) is 4.79 Å². The third-order valence-corrected chi connectivity index (χ3v) is 3.22. The van der Waals surface area contributed by atoms with Gasteiger partial charge in [0.25, 0.3) is 5.91 Å². The van der Waals surface area contributed by atoms with Crippen molar-refractivity contribution in [2.45, 2.75) is 26.1 Å². The van der Waals surface area contributed by atoms with Gasteiger partial charge in [-0.25, -0.2) is 0 Å². The Morgan fingerprint density at radius 1 is 1.59 bits per heavy atom. The van der Waals surface area contributed by atoms with Crippen LogP contribution < -0.4 is 0 Å². The van der Waals surface area contributed by atoms with E-state index in [1.807, 2.05) is 6.92 Å². The van der Waals surface area contributed by atoms with Crippen molar-refractivity contribution in [3.8, 4) is 0 Å². The molecule has 94 valence electrons. The van der Waals surface area contributed by atoms with Crippen molar-refractivity contribution in [2.24, 2.45) is 0 Å². The topological polar surface area (TPSA) is 42.7 Å². The number of carbonyl (C=O) groups excluding carboxylic acids is 1. The monoisotopic (exact) mass is 257 g/mol. The lowest BCUT2D eigenvalue weighted by molar-refractivity contribution is -0.0570. The summed E-state index contributed by atoms with van der Waals surface area (Å²) in [6.07, 6.45) is 1.46. The highest BCUT2D eigenvalue weighted by atomic mass is 35.5. The van der Waals surface area contributed by atoms with Gasteiger partial charge in [0, 0.05) is 13.1 Å². The van der Waals surface area contributed by atoms with Crippen LogP contribution in [-0.2, 0) is 4.74 Å². The van der Waals surface area contributed by atoms with E-state index in [4.69, 9.17) is 20.8 Å². The van der Waals surface area contributed by atoms with Gasteiger partial charge in [0.15, 0.2) is 0 Å². The van der Waals surface area contributed by atoms with Gasteiger partial charge in [0.2, 0.25) is 0 Å². The Bertz CT molecular complexity index is 404. The minimum absolute atomic E-state index is 0.0125. The number of halogens is 1. The van der Waals surface area contributed by atoms with Gasteiger partial charge in [0.1, 0.15) is 5.76 Å². The molecule has 17 heavy (non-hydrogen) atoms. The lowest BCUT2D eigenvalue weighted by atomic mass is 10.1. The maximum atomic E-state index is 12.3. The number of carbonyl (C=O) groups is 1. The molecule has 2 atom stereocenters. The average Bonchev–Trinajstić information content (AvgIpc) is 2.73. The van der Waals surface area contributed by atoms with Gasteiger partial charge in [-0.05, 0) is 19.9 Å². The van der Waals surface area contributed by atoms with Crippen molar-refractivity contribution >= 4 is 17.5 Å². The first-order chi connectivity index (χ1) is 8.11. The Balaban J connectivity index is 2.11. The Morgan fingerprint density at radius 3 is 2.94 bits per heavy atom. The Kier molecular flexibility index (Phi) is 3.74. The van der Waals surface area contributed by atoms with E-state index in [9.17, 15) is 4.79 Å².